The van der Waals surface area contributed by atoms with E-state index < -0.39 is 75.0 Å². The van der Waals surface area contributed by atoms with Crippen LogP contribution in [0.5, 0.6) is 40.2 Å². The van der Waals surface area contributed by atoms with E-state index in [1.54, 1.807) is 26.0 Å². The third kappa shape index (κ3) is 5.94. The van der Waals surface area contributed by atoms with Gasteiger partial charge >= 0.3 is 5.79 Å². The number of ether oxygens (including phenoxy) is 2. The third-order valence-corrected chi connectivity index (χ3v) is 10.1. The van der Waals surface area contributed by atoms with Gasteiger partial charge < -0.3 is 50.3 Å². The number of aliphatic hydroxyl groups excluding tert-OH is 2. The number of carbonyl (C=O) groups excluding carboxylic acids is 2. The molecule has 12 nitrogen and oxygen atoms in total. The van der Waals surface area contributed by atoms with Crippen LogP contribution in [0.3, 0.4) is 0 Å². The molecule has 0 amide bonds. The van der Waals surface area contributed by atoms with Gasteiger partial charge in [-0.15, -0.1) is 0 Å². The second-order valence-corrected chi connectivity index (χ2v) is 13.9. The molecule has 8 N–H and O–H groups in total. The van der Waals surface area contributed by atoms with Crippen molar-refractivity contribution in [3.8, 4) is 40.2 Å². The summed E-state index contributed by atoms with van der Waals surface area (Å²) in [6.45, 7) is 10.9. The molecule has 6 rings (SSSR count). The van der Waals surface area contributed by atoms with Crippen LogP contribution in [-0.2, 0) is 5.60 Å². The molecule has 53 heavy (non-hydrogen) atoms. The molecular weight excluding hydrogens is 684 g/mol. The van der Waals surface area contributed by atoms with E-state index in [2.05, 4.69) is 6.58 Å². The standard InChI is InChI=1S/C41H40O12/c1-6-23(42)16-30(46)21(5)27-11-20(4)12-28(34(27)37(48)22-13-25(44)15-26(45)14-22)35-31(47)18-33-36(38(35)49)39(50)41(51)40(52-33,10-9-19(2)3)29-8-7-24(43)17-32(29)53-41/h6-9,12-18,27-28,34,42-47,49,51H,5,10-11H2,1-4H3/b23-6+,30-16+/t27-,28+,34-,40-,41-/m1/s1. The van der Waals surface area contributed by atoms with Crippen molar-refractivity contribution in [3.63, 3.8) is 0 Å². The average Bonchev–Trinajstić information content (AvgIpc) is 3.33. The highest BCUT2D eigenvalue weighted by Crippen LogP contribution is 2.60. The SMILES string of the molecule is C=C(/C(O)=C\C(O)=C/C)[C@H]1CC(C)=C[C@H](c2c(O)cc3c(c2O)C(=O)[C@@]2(O)Oc4cc(O)ccc4[C@@]2(CC=C(C)C)O3)[C@@H]1C(=O)c1cc(O)cc(O)c1. The maximum absolute atomic E-state index is 14.6. The van der Waals surface area contributed by atoms with Crippen LogP contribution in [0.25, 0.3) is 0 Å². The number of benzene rings is 3. The minimum Gasteiger partial charge on any atom is -0.508 e. The van der Waals surface area contributed by atoms with Gasteiger partial charge in [0.05, 0.1) is 0 Å². The Labute approximate surface area is 304 Å². The van der Waals surface area contributed by atoms with Crippen LogP contribution < -0.4 is 9.47 Å². The Morgan fingerprint density at radius 3 is 2.28 bits per heavy atom. The van der Waals surface area contributed by atoms with Crippen molar-refractivity contribution in [2.24, 2.45) is 11.8 Å². The first-order valence-electron chi connectivity index (χ1n) is 16.8. The predicted molar refractivity (Wildman–Crippen MR) is 193 cm³/mol. The lowest BCUT2D eigenvalue weighted by Crippen LogP contribution is -2.62. The van der Waals surface area contributed by atoms with E-state index in [1.165, 1.54) is 24.3 Å². The summed E-state index contributed by atoms with van der Waals surface area (Å²) in [6.07, 6.45) is 5.77. The van der Waals surface area contributed by atoms with Crippen molar-refractivity contribution < 1.29 is 59.9 Å². The molecule has 2 heterocycles. The van der Waals surface area contributed by atoms with Crippen LogP contribution in [0, 0.1) is 11.8 Å². The lowest BCUT2D eigenvalue weighted by atomic mass is 9.64. The number of allylic oxidation sites excluding steroid dienone is 6. The molecule has 2 aliphatic heterocycles. The van der Waals surface area contributed by atoms with Crippen LogP contribution in [0.15, 0.2) is 102 Å². The van der Waals surface area contributed by atoms with E-state index in [4.69, 9.17) is 9.47 Å². The highest BCUT2D eigenvalue weighted by molar-refractivity contribution is 6.09. The summed E-state index contributed by atoms with van der Waals surface area (Å²) in [7, 11) is 0. The van der Waals surface area contributed by atoms with E-state index in [-0.39, 0.29) is 58.1 Å². The lowest BCUT2D eigenvalue weighted by Gasteiger charge is -2.43. The minimum absolute atomic E-state index is 0.0219. The molecule has 3 aromatic rings. The van der Waals surface area contributed by atoms with Gasteiger partial charge in [0, 0.05) is 65.1 Å². The van der Waals surface area contributed by atoms with Crippen LogP contribution in [-0.4, -0.2) is 58.2 Å². The number of ketones is 2. The summed E-state index contributed by atoms with van der Waals surface area (Å²) in [5.74, 6) is -11.5. The number of phenols is 5. The number of hydrogen-bond donors (Lipinski definition) is 8. The fourth-order valence-electron chi connectivity index (χ4n) is 7.56. The first-order valence-corrected chi connectivity index (χ1v) is 16.8. The van der Waals surface area contributed by atoms with E-state index in [9.17, 15) is 50.4 Å². The van der Waals surface area contributed by atoms with E-state index in [1.807, 2.05) is 13.8 Å². The number of carbonyl (C=O) groups is 2. The maximum Gasteiger partial charge on any atom is 0.318 e. The van der Waals surface area contributed by atoms with Crippen molar-refractivity contribution in [3.05, 3.63) is 124 Å². The Morgan fingerprint density at radius 1 is 0.962 bits per heavy atom. The fourth-order valence-corrected chi connectivity index (χ4v) is 7.56. The van der Waals surface area contributed by atoms with Gasteiger partial charge in [0.2, 0.25) is 11.4 Å². The molecule has 0 fully saturated rings. The summed E-state index contributed by atoms with van der Waals surface area (Å²) in [5, 5.41) is 87.8. The zero-order valence-corrected chi connectivity index (χ0v) is 29.4. The lowest BCUT2D eigenvalue weighted by molar-refractivity contribution is -0.201. The second kappa shape index (κ2) is 13.1. The van der Waals surface area contributed by atoms with Crippen LogP contribution in [0.2, 0.25) is 0 Å². The van der Waals surface area contributed by atoms with Crippen molar-refractivity contribution in [1.82, 2.24) is 0 Å². The zero-order valence-electron chi connectivity index (χ0n) is 29.4. The molecule has 1 aliphatic carbocycles. The molecule has 0 unspecified atom stereocenters. The molecule has 0 radical (unpaired) electrons. The summed E-state index contributed by atoms with van der Waals surface area (Å²) >= 11 is 0. The highest BCUT2D eigenvalue weighted by Gasteiger charge is 2.70. The fraction of sp³-hybridized carbons (Fsp3) is 0.268. The number of aromatic hydroxyl groups is 5. The van der Waals surface area contributed by atoms with Crippen molar-refractivity contribution in [2.45, 2.75) is 57.8 Å². The molecular formula is C41H40O12. The first-order chi connectivity index (χ1) is 24.9. The Morgan fingerprint density at radius 2 is 1.64 bits per heavy atom. The Hall–Kier alpha value is -6.14. The van der Waals surface area contributed by atoms with Gasteiger partial charge in [-0.2, -0.15) is 0 Å². The molecule has 0 saturated carbocycles. The molecule has 3 aliphatic rings. The normalized spacial score (nSPS) is 24.9. The van der Waals surface area contributed by atoms with Gasteiger partial charge in [0.15, 0.2) is 5.78 Å². The molecule has 3 aromatic carbocycles. The second-order valence-electron chi connectivity index (χ2n) is 13.9. The largest absolute Gasteiger partial charge is 0.508 e. The number of fused-ring (bicyclic) bond motifs is 4. The van der Waals surface area contributed by atoms with Crippen LogP contribution >= 0.6 is 0 Å². The first kappa shape index (κ1) is 36.6. The smallest absolute Gasteiger partial charge is 0.318 e. The monoisotopic (exact) mass is 724 g/mol. The number of aliphatic hydroxyl groups is 3. The quantitative estimate of drug-likeness (QED) is 0.0504. The summed E-state index contributed by atoms with van der Waals surface area (Å²) in [5.41, 5.74) is -1.16. The van der Waals surface area contributed by atoms with Gasteiger partial charge in [-0.25, -0.2) is 0 Å². The minimum atomic E-state index is -2.76. The van der Waals surface area contributed by atoms with E-state index in [0.717, 1.165) is 35.9 Å². The zero-order chi connectivity index (χ0) is 38.7. The molecule has 276 valence electrons. The third-order valence-electron chi connectivity index (χ3n) is 10.1. The van der Waals surface area contributed by atoms with Crippen LogP contribution in [0.1, 0.15) is 78.3 Å². The number of Topliss-reactive ketones (excluding diaryl/α,β-unsaturated/α-hetero) is 2. The summed E-state index contributed by atoms with van der Waals surface area (Å²) in [6, 6.07) is 8.41. The highest BCUT2D eigenvalue weighted by atomic mass is 16.7. The molecule has 12 heteroatoms. The molecule has 0 aromatic heterocycles. The number of rotatable bonds is 8. The van der Waals surface area contributed by atoms with E-state index in [0.29, 0.717) is 5.57 Å². The molecule has 0 saturated heterocycles. The summed E-state index contributed by atoms with van der Waals surface area (Å²) in [4.78, 5) is 29.1. The van der Waals surface area contributed by atoms with Crippen molar-refractivity contribution in [2.75, 3.05) is 0 Å². The topological polar surface area (TPSA) is 214 Å². The Bertz CT molecular complexity index is 2180. The molecule has 5 atom stereocenters. The maximum atomic E-state index is 14.6. The predicted octanol–water partition coefficient (Wildman–Crippen LogP) is 7.13. The Kier molecular flexibility index (Phi) is 9.07. The van der Waals surface area contributed by atoms with E-state index >= 15 is 0 Å². The summed E-state index contributed by atoms with van der Waals surface area (Å²) < 4.78 is 12.3. The van der Waals surface area contributed by atoms with Gasteiger partial charge in [-0.1, -0.05) is 29.9 Å². The molecule has 0 bridgehead atoms. The van der Waals surface area contributed by atoms with Gasteiger partial charge in [-0.3, -0.25) is 9.59 Å². The van der Waals surface area contributed by atoms with Gasteiger partial charge in [0.25, 0.3) is 0 Å². The van der Waals surface area contributed by atoms with Gasteiger partial charge in [0.1, 0.15) is 57.3 Å². The number of phenolic OH excluding ortho intramolecular Hbond substituents is 5. The average molecular weight is 725 g/mol. The van der Waals surface area contributed by atoms with Gasteiger partial charge in [-0.05, 0) is 70.0 Å². The Balaban J connectivity index is 1.56. The van der Waals surface area contributed by atoms with Crippen molar-refractivity contribution in [1.29, 1.82) is 0 Å². The van der Waals surface area contributed by atoms with Crippen molar-refractivity contribution >= 4 is 11.6 Å². The molecule has 0 spiro atoms. The van der Waals surface area contributed by atoms with Crippen LogP contribution in [0.4, 0.5) is 0 Å². The number of hydrogen-bond acceptors (Lipinski definition) is 12.